The van der Waals surface area contributed by atoms with Crippen molar-refractivity contribution >= 4 is 27.3 Å². The quantitative estimate of drug-likeness (QED) is 0.414. The summed E-state index contributed by atoms with van der Waals surface area (Å²) < 4.78 is 0. The highest BCUT2D eigenvalue weighted by atomic mass is 35.5. The average molecular weight is 381 g/mol. The molecule has 25 heavy (non-hydrogen) atoms. The Kier molecular flexibility index (Phi) is 8.55. The zero-order valence-electron chi connectivity index (χ0n) is 14.5. The lowest BCUT2D eigenvalue weighted by molar-refractivity contribution is 0.384. The summed E-state index contributed by atoms with van der Waals surface area (Å²) in [4.78, 5) is 0. The molecule has 0 aliphatic carbocycles. The van der Waals surface area contributed by atoms with Gasteiger partial charge in [-0.05, 0) is 35.9 Å². The molecule has 6 heteroatoms. The molecule has 0 aliphatic heterocycles. The van der Waals surface area contributed by atoms with Gasteiger partial charge in [0.1, 0.15) is 5.03 Å². The Balaban J connectivity index is 2.16. The first kappa shape index (κ1) is 20.0. The van der Waals surface area contributed by atoms with Crippen molar-refractivity contribution in [3.8, 4) is 11.1 Å². The second-order valence-corrected chi connectivity index (χ2v) is 8.28. The Morgan fingerprint density at radius 2 is 1.68 bits per heavy atom. The summed E-state index contributed by atoms with van der Waals surface area (Å²) in [5.41, 5.74) is 1.80. The summed E-state index contributed by atoms with van der Waals surface area (Å²) in [7, 11) is -0.843. The Morgan fingerprint density at radius 3 is 2.36 bits per heavy atom. The first-order valence-electron chi connectivity index (χ1n) is 8.67. The molecule has 1 aromatic heterocycles. The number of rotatable bonds is 9. The van der Waals surface area contributed by atoms with Gasteiger partial charge < -0.3 is 10.2 Å². The van der Waals surface area contributed by atoms with Crippen molar-refractivity contribution in [2.75, 3.05) is 5.75 Å². The molecule has 1 aromatic carbocycles. The smallest absolute Gasteiger partial charge is 0.211 e. The maximum absolute atomic E-state index is 9.82. The van der Waals surface area contributed by atoms with Crippen LogP contribution >= 0.6 is 22.1 Å². The highest BCUT2D eigenvalue weighted by molar-refractivity contribution is 8.15. The third-order valence-corrected chi connectivity index (χ3v) is 6.16. The van der Waals surface area contributed by atoms with Crippen LogP contribution in [0.1, 0.15) is 45.4 Å². The predicted molar refractivity (Wildman–Crippen MR) is 107 cm³/mol. The number of aromatic nitrogens is 2. The molecule has 0 saturated carbocycles. The molecule has 1 heterocycles. The van der Waals surface area contributed by atoms with E-state index in [4.69, 9.17) is 11.6 Å². The Morgan fingerprint density at radius 1 is 1.00 bits per heavy atom. The minimum Gasteiger partial charge on any atom is -0.336 e. The summed E-state index contributed by atoms with van der Waals surface area (Å²) in [5.74, 6) is 0.674. The average Bonchev–Trinajstić information content (AvgIpc) is 2.62. The van der Waals surface area contributed by atoms with Gasteiger partial charge >= 0.3 is 0 Å². The number of benzene rings is 1. The molecule has 0 spiro atoms. The monoisotopic (exact) mass is 380 g/mol. The van der Waals surface area contributed by atoms with Crippen LogP contribution in [0.4, 0.5) is 0 Å². The molecule has 2 rings (SSSR count). The van der Waals surface area contributed by atoms with Gasteiger partial charge in [0.05, 0.1) is 6.20 Å². The summed E-state index contributed by atoms with van der Waals surface area (Å²) in [6.07, 6.45) is 8.55. The van der Waals surface area contributed by atoms with Crippen LogP contribution in [0.25, 0.3) is 11.1 Å². The fourth-order valence-electron chi connectivity index (χ4n) is 2.65. The maximum Gasteiger partial charge on any atom is 0.211 e. The van der Waals surface area contributed by atoms with Crippen LogP contribution in [0.2, 0.25) is 5.02 Å². The van der Waals surface area contributed by atoms with Gasteiger partial charge in [-0.1, -0.05) is 73.2 Å². The van der Waals surface area contributed by atoms with Gasteiger partial charge in [0.15, 0.2) is 0 Å². The molecule has 2 N–H and O–H groups in total. The van der Waals surface area contributed by atoms with E-state index in [-0.39, 0.29) is 0 Å². The number of unbranched alkanes of at least 4 members (excludes halogenated alkanes) is 5. The van der Waals surface area contributed by atoms with Crippen molar-refractivity contribution in [3.05, 3.63) is 41.6 Å². The van der Waals surface area contributed by atoms with Crippen molar-refractivity contribution in [3.63, 3.8) is 0 Å². The van der Waals surface area contributed by atoms with Gasteiger partial charge in [0, 0.05) is 10.6 Å². The van der Waals surface area contributed by atoms with Crippen LogP contribution in [0.5, 0.6) is 0 Å². The van der Waals surface area contributed by atoms with E-state index in [9.17, 15) is 10.2 Å². The number of halogens is 1. The number of nitrogens with zero attached hydrogens (tertiary/aromatic N) is 2. The standard InChI is InChI=1S/C19H25ClN2O2S/c1-2-3-4-5-6-7-14-25(19(23)24)18-17(12-13-21-22-18)15-8-10-16(20)11-9-15/h8-13,23-24H,2-7,14H2,1H3. The van der Waals surface area contributed by atoms with Crippen LogP contribution in [0.15, 0.2) is 41.6 Å². The van der Waals surface area contributed by atoms with Crippen LogP contribution in [-0.2, 0) is 0 Å². The summed E-state index contributed by atoms with van der Waals surface area (Å²) in [6.45, 7) is 2.20. The number of aliphatic hydroxyl groups excluding tert-OH is 1. The lowest BCUT2D eigenvalue weighted by Crippen LogP contribution is -2.02. The zero-order valence-corrected chi connectivity index (χ0v) is 16.1. The fourth-order valence-corrected chi connectivity index (χ4v) is 4.42. The van der Waals surface area contributed by atoms with E-state index in [1.807, 2.05) is 30.3 Å². The number of hydrogen-bond donors (Lipinski definition) is 2. The number of hydrogen-bond acceptors (Lipinski definition) is 2. The van der Waals surface area contributed by atoms with Gasteiger partial charge in [0.25, 0.3) is 0 Å². The van der Waals surface area contributed by atoms with Crippen molar-refractivity contribution in [1.29, 1.82) is 0 Å². The Bertz CT molecular complexity index is 701. The molecule has 0 amide bonds. The predicted octanol–water partition coefficient (Wildman–Crippen LogP) is 5.99. The van der Waals surface area contributed by atoms with E-state index in [1.165, 1.54) is 25.7 Å². The zero-order chi connectivity index (χ0) is 18.1. The molecule has 136 valence electrons. The van der Waals surface area contributed by atoms with Crippen molar-refractivity contribution in [2.45, 2.75) is 50.5 Å². The molecule has 2 aromatic rings. The van der Waals surface area contributed by atoms with Crippen molar-refractivity contribution < 1.29 is 10.2 Å². The second-order valence-electron chi connectivity index (χ2n) is 5.90. The molecule has 1 atom stereocenters. The molecule has 0 aliphatic rings. The minimum absolute atomic E-state index is 0.565. The van der Waals surface area contributed by atoms with E-state index >= 15 is 0 Å². The first-order chi connectivity index (χ1) is 12.1. The molecule has 1 unspecified atom stereocenters. The van der Waals surface area contributed by atoms with Crippen LogP contribution in [0, 0.1) is 0 Å². The SMILES string of the molecule is CCCCCCCCS(=C(O)O)c1nnccc1-c1ccc(Cl)cc1. The Labute approximate surface area is 156 Å². The molecule has 0 fully saturated rings. The molecular weight excluding hydrogens is 356 g/mol. The molecule has 0 radical (unpaired) electrons. The van der Waals surface area contributed by atoms with E-state index < -0.39 is 15.7 Å². The van der Waals surface area contributed by atoms with Crippen molar-refractivity contribution in [2.24, 2.45) is 0 Å². The number of aliphatic hydroxyl groups is 2. The summed E-state index contributed by atoms with van der Waals surface area (Å²) in [6, 6.07) is 9.30. The van der Waals surface area contributed by atoms with Gasteiger partial charge in [-0.2, -0.15) is 5.10 Å². The highest BCUT2D eigenvalue weighted by Gasteiger charge is 2.14. The van der Waals surface area contributed by atoms with E-state index in [1.54, 1.807) is 6.20 Å². The lowest BCUT2D eigenvalue weighted by Gasteiger charge is -2.13. The normalized spacial score (nSPS) is 12.2. The van der Waals surface area contributed by atoms with Crippen LogP contribution in [0.3, 0.4) is 0 Å². The van der Waals surface area contributed by atoms with Gasteiger partial charge in [0.2, 0.25) is 5.24 Å². The third-order valence-electron chi connectivity index (χ3n) is 4.00. The third kappa shape index (κ3) is 6.19. The molecule has 0 saturated heterocycles. The van der Waals surface area contributed by atoms with Crippen LogP contribution in [-0.4, -0.2) is 31.4 Å². The highest BCUT2D eigenvalue weighted by Crippen LogP contribution is 2.35. The fraction of sp³-hybridized carbons (Fsp3) is 0.421. The summed E-state index contributed by atoms with van der Waals surface area (Å²) in [5, 5.41) is 28.5. The first-order valence-corrected chi connectivity index (χ1v) is 10.4. The molecule has 0 bridgehead atoms. The van der Waals surface area contributed by atoms with E-state index in [0.29, 0.717) is 15.8 Å². The maximum atomic E-state index is 9.82. The Hall–Kier alpha value is -1.27. The minimum atomic E-state index is -0.843. The van der Waals surface area contributed by atoms with E-state index in [0.717, 1.165) is 24.0 Å². The molecule has 4 nitrogen and oxygen atoms in total. The topological polar surface area (TPSA) is 66.2 Å². The summed E-state index contributed by atoms with van der Waals surface area (Å²) >= 11 is 5.96. The largest absolute Gasteiger partial charge is 0.336 e. The van der Waals surface area contributed by atoms with Gasteiger partial charge in [-0.15, -0.1) is 5.10 Å². The van der Waals surface area contributed by atoms with Crippen molar-refractivity contribution in [1.82, 2.24) is 10.2 Å². The van der Waals surface area contributed by atoms with Crippen LogP contribution < -0.4 is 0 Å². The van der Waals surface area contributed by atoms with Gasteiger partial charge in [-0.3, -0.25) is 0 Å². The van der Waals surface area contributed by atoms with E-state index in [2.05, 4.69) is 17.1 Å². The molecular formula is C19H25ClN2O2S. The van der Waals surface area contributed by atoms with Gasteiger partial charge in [-0.25, -0.2) is 0 Å². The second kappa shape index (κ2) is 10.7. The lowest BCUT2D eigenvalue weighted by atomic mass is 10.1.